The second-order valence-electron chi connectivity index (χ2n) is 5.76. The van der Waals surface area contributed by atoms with Gasteiger partial charge in [0.2, 0.25) is 0 Å². The summed E-state index contributed by atoms with van der Waals surface area (Å²) in [7, 11) is 0. The summed E-state index contributed by atoms with van der Waals surface area (Å²) in [6.45, 7) is 1.60. The quantitative estimate of drug-likeness (QED) is 0.723. The third-order valence-corrected chi connectivity index (χ3v) is 3.86. The Morgan fingerprint density at radius 3 is 2.50 bits per heavy atom. The van der Waals surface area contributed by atoms with Gasteiger partial charge in [0.25, 0.3) is 5.91 Å². The van der Waals surface area contributed by atoms with Crippen LogP contribution in [-0.4, -0.2) is 11.1 Å². The van der Waals surface area contributed by atoms with Crippen molar-refractivity contribution in [3.05, 3.63) is 77.5 Å². The summed E-state index contributed by atoms with van der Waals surface area (Å²) in [5, 5.41) is 6.36. The van der Waals surface area contributed by atoms with Crippen LogP contribution in [0.25, 0.3) is 11.3 Å². The molecule has 26 heavy (non-hydrogen) atoms. The summed E-state index contributed by atoms with van der Waals surface area (Å²) in [6.07, 6.45) is -4.43. The smallest absolute Gasteiger partial charge is 0.355 e. The van der Waals surface area contributed by atoms with Crippen LogP contribution in [0, 0.1) is 0 Å². The molecule has 0 aliphatic heterocycles. The van der Waals surface area contributed by atoms with E-state index < -0.39 is 23.7 Å². The zero-order valence-electron chi connectivity index (χ0n) is 13.7. The van der Waals surface area contributed by atoms with E-state index in [1.807, 2.05) is 30.3 Å². The molecule has 3 aromatic rings. The number of amides is 1. The van der Waals surface area contributed by atoms with E-state index in [2.05, 4.69) is 10.5 Å². The van der Waals surface area contributed by atoms with Crippen LogP contribution < -0.4 is 5.32 Å². The second-order valence-corrected chi connectivity index (χ2v) is 5.76. The lowest BCUT2D eigenvalue weighted by molar-refractivity contribution is -0.137. The van der Waals surface area contributed by atoms with Gasteiger partial charge in [-0.1, -0.05) is 47.6 Å². The third kappa shape index (κ3) is 3.93. The molecule has 1 unspecified atom stereocenters. The van der Waals surface area contributed by atoms with Crippen molar-refractivity contribution in [2.24, 2.45) is 0 Å². The van der Waals surface area contributed by atoms with Gasteiger partial charge < -0.3 is 9.84 Å². The summed E-state index contributed by atoms with van der Waals surface area (Å²) in [5.41, 5.74) is 0.413. The average Bonchev–Trinajstić information content (AvgIpc) is 3.12. The summed E-state index contributed by atoms with van der Waals surface area (Å²) < 4.78 is 43.6. The van der Waals surface area contributed by atoms with Crippen molar-refractivity contribution in [1.82, 2.24) is 10.5 Å². The van der Waals surface area contributed by atoms with Gasteiger partial charge in [-0.2, -0.15) is 13.2 Å². The van der Waals surface area contributed by atoms with Crippen LogP contribution in [-0.2, 0) is 6.18 Å². The molecule has 1 amide bonds. The number of hydrogen-bond donors (Lipinski definition) is 1. The molecule has 1 heterocycles. The van der Waals surface area contributed by atoms with E-state index in [9.17, 15) is 18.0 Å². The molecular formula is C19H15F3N2O2. The van der Waals surface area contributed by atoms with Crippen molar-refractivity contribution in [2.75, 3.05) is 0 Å². The number of benzene rings is 2. The number of rotatable bonds is 4. The molecule has 7 heteroatoms. The van der Waals surface area contributed by atoms with Gasteiger partial charge in [-0.3, -0.25) is 4.79 Å². The number of nitrogens with zero attached hydrogens (tertiary/aromatic N) is 1. The molecule has 0 saturated heterocycles. The fourth-order valence-electron chi connectivity index (χ4n) is 2.46. The molecule has 0 aliphatic carbocycles. The summed E-state index contributed by atoms with van der Waals surface area (Å²) in [5.74, 6) is -0.0942. The first-order valence-corrected chi connectivity index (χ1v) is 7.85. The summed E-state index contributed by atoms with van der Waals surface area (Å²) >= 11 is 0. The van der Waals surface area contributed by atoms with Gasteiger partial charge in [0.05, 0.1) is 11.6 Å². The highest BCUT2D eigenvalue weighted by Gasteiger charge is 2.30. The molecular weight excluding hydrogens is 345 g/mol. The first-order valence-electron chi connectivity index (χ1n) is 7.85. The van der Waals surface area contributed by atoms with E-state index in [-0.39, 0.29) is 5.69 Å². The number of halogens is 3. The maximum Gasteiger partial charge on any atom is 0.416 e. The van der Waals surface area contributed by atoms with Gasteiger partial charge in [-0.15, -0.1) is 0 Å². The van der Waals surface area contributed by atoms with Gasteiger partial charge in [0.1, 0.15) is 0 Å². The number of nitrogens with one attached hydrogen (secondary N) is 1. The minimum atomic E-state index is -4.43. The number of carbonyl (C=O) groups excluding carboxylic acids is 1. The Hall–Kier alpha value is -3.09. The number of aromatic nitrogens is 1. The first-order chi connectivity index (χ1) is 12.3. The van der Waals surface area contributed by atoms with Crippen LogP contribution in [0.15, 0.2) is 65.2 Å². The van der Waals surface area contributed by atoms with E-state index in [4.69, 9.17) is 4.52 Å². The molecule has 0 fully saturated rings. The largest absolute Gasteiger partial charge is 0.416 e. The normalized spacial score (nSPS) is 12.6. The van der Waals surface area contributed by atoms with Crippen LogP contribution in [0.4, 0.5) is 13.2 Å². The highest BCUT2D eigenvalue weighted by molar-refractivity contribution is 5.93. The van der Waals surface area contributed by atoms with Crippen molar-refractivity contribution in [3.63, 3.8) is 0 Å². The van der Waals surface area contributed by atoms with Crippen molar-refractivity contribution in [3.8, 4) is 11.3 Å². The van der Waals surface area contributed by atoms with Crippen molar-refractivity contribution >= 4 is 5.91 Å². The molecule has 1 aromatic heterocycles. The Labute approximate surface area is 147 Å². The zero-order chi connectivity index (χ0) is 18.7. The monoisotopic (exact) mass is 360 g/mol. The molecule has 1 atom stereocenters. The Balaban J connectivity index is 1.73. The first kappa shape index (κ1) is 17.7. The van der Waals surface area contributed by atoms with Crippen LogP contribution >= 0.6 is 0 Å². The lowest BCUT2D eigenvalue weighted by Gasteiger charge is -2.15. The third-order valence-electron chi connectivity index (χ3n) is 3.86. The fraction of sp³-hybridized carbons (Fsp3) is 0.158. The average molecular weight is 360 g/mol. The maximum atomic E-state index is 12.8. The Morgan fingerprint density at radius 2 is 1.81 bits per heavy atom. The lowest BCUT2D eigenvalue weighted by Crippen LogP contribution is -2.27. The van der Waals surface area contributed by atoms with E-state index in [0.717, 1.165) is 17.7 Å². The molecule has 134 valence electrons. The van der Waals surface area contributed by atoms with Crippen LogP contribution in [0.1, 0.15) is 34.6 Å². The standard InChI is InChI=1S/C19H15F3N2O2/c1-12(14-8-5-9-15(10-14)19(20,21)22)23-18(25)16-11-17(26-24-16)13-6-3-2-4-7-13/h2-12H,1H3,(H,23,25). The van der Waals surface area contributed by atoms with Crippen LogP contribution in [0.5, 0.6) is 0 Å². The zero-order valence-corrected chi connectivity index (χ0v) is 13.7. The van der Waals surface area contributed by atoms with E-state index in [1.165, 1.54) is 18.2 Å². The number of hydrogen-bond acceptors (Lipinski definition) is 3. The highest BCUT2D eigenvalue weighted by Crippen LogP contribution is 2.30. The molecule has 4 nitrogen and oxygen atoms in total. The Bertz CT molecular complexity index is 904. The molecule has 1 N–H and O–H groups in total. The van der Waals surface area contributed by atoms with Crippen LogP contribution in [0.2, 0.25) is 0 Å². The Morgan fingerprint density at radius 1 is 1.08 bits per heavy atom. The summed E-state index contributed by atoms with van der Waals surface area (Å²) in [4.78, 5) is 12.3. The molecule has 2 aromatic carbocycles. The van der Waals surface area contributed by atoms with Gasteiger partial charge in [-0.25, -0.2) is 0 Å². The predicted molar refractivity (Wildman–Crippen MR) is 89.3 cm³/mol. The molecule has 3 rings (SSSR count). The lowest BCUT2D eigenvalue weighted by atomic mass is 10.0. The topological polar surface area (TPSA) is 55.1 Å². The minimum Gasteiger partial charge on any atom is -0.355 e. The fourth-order valence-corrected chi connectivity index (χ4v) is 2.46. The second kappa shape index (κ2) is 7.03. The van der Waals surface area contributed by atoms with Crippen LogP contribution in [0.3, 0.4) is 0 Å². The van der Waals surface area contributed by atoms with Crippen molar-refractivity contribution < 1.29 is 22.5 Å². The number of alkyl halides is 3. The van der Waals surface area contributed by atoms with Crippen molar-refractivity contribution in [2.45, 2.75) is 19.1 Å². The van der Waals surface area contributed by atoms with E-state index in [1.54, 1.807) is 6.92 Å². The van der Waals surface area contributed by atoms with E-state index >= 15 is 0 Å². The molecule has 0 saturated carbocycles. The molecule has 0 spiro atoms. The molecule has 0 aliphatic rings. The van der Waals surface area contributed by atoms with Gasteiger partial charge in [0, 0.05) is 11.6 Å². The minimum absolute atomic E-state index is 0.0580. The van der Waals surface area contributed by atoms with Gasteiger partial charge in [-0.05, 0) is 24.6 Å². The Kier molecular flexibility index (Phi) is 4.79. The van der Waals surface area contributed by atoms with Gasteiger partial charge in [0.15, 0.2) is 11.5 Å². The molecule has 0 radical (unpaired) electrons. The maximum absolute atomic E-state index is 12.8. The SMILES string of the molecule is CC(NC(=O)c1cc(-c2ccccc2)on1)c1cccc(C(F)(F)F)c1. The summed E-state index contributed by atoms with van der Waals surface area (Å²) in [6, 6.07) is 14.8. The highest BCUT2D eigenvalue weighted by atomic mass is 19.4. The van der Waals surface area contributed by atoms with E-state index in [0.29, 0.717) is 11.3 Å². The number of carbonyl (C=O) groups is 1. The predicted octanol–water partition coefficient (Wildman–Crippen LogP) is 4.85. The van der Waals surface area contributed by atoms with Gasteiger partial charge >= 0.3 is 6.18 Å². The molecule has 0 bridgehead atoms. The van der Waals surface area contributed by atoms with Crippen molar-refractivity contribution in [1.29, 1.82) is 0 Å².